The first kappa shape index (κ1) is 11.4. The van der Waals surface area contributed by atoms with Crippen molar-refractivity contribution in [2.45, 2.75) is 32.2 Å². The average molecular weight is 239 g/mol. The van der Waals surface area contributed by atoms with Gasteiger partial charge in [-0.15, -0.1) is 0 Å². The molecule has 2 aromatic rings. The first-order valence-electron chi connectivity index (χ1n) is 6.51. The van der Waals surface area contributed by atoms with E-state index in [1.165, 1.54) is 24.1 Å². The molecule has 1 aromatic heterocycles. The van der Waals surface area contributed by atoms with Gasteiger partial charge >= 0.3 is 0 Å². The van der Waals surface area contributed by atoms with E-state index in [1.54, 1.807) is 0 Å². The maximum atomic E-state index is 5.60. The lowest BCUT2D eigenvalue weighted by atomic mass is 9.97. The molecule has 3 rings (SSSR count). The molecule has 0 radical (unpaired) electrons. The Bertz CT molecular complexity index is 546. The molecule has 92 valence electrons. The Hall–Kier alpha value is -1.74. The lowest BCUT2D eigenvalue weighted by molar-refractivity contribution is 0.663. The Morgan fingerprint density at radius 2 is 1.83 bits per heavy atom. The van der Waals surface area contributed by atoms with E-state index in [0.717, 1.165) is 29.8 Å². The highest BCUT2D eigenvalue weighted by Gasteiger charge is 2.12. The van der Waals surface area contributed by atoms with Crippen molar-refractivity contribution in [2.75, 3.05) is 0 Å². The summed E-state index contributed by atoms with van der Waals surface area (Å²) < 4.78 is 0. The van der Waals surface area contributed by atoms with E-state index >= 15 is 0 Å². The number of rotatable bonds is 2. The molecular weight excluding hydrogens is 222 g/mol. The van der Waals surface area contributed by atoms with Gasteiger partial charge in [0.25, 0.3) is 0 Å². The molecular formula is C15H17N3. The summed E-state index contributed by atoms with van der Waals surface area (Å²) >= 11 is 0. The zero-order valence-corrected chi connectivity index (χ0v) is 10.4. The minimum Gasteiger partial charge on any atom is -0.326 e. The molecule has 0 unspecified atom stereocenters. The van der Waals surface area contributed by atoms with Crippen molar-refractivity contribution < 1.29 is 0 Å². The number of aromatic nitrogens is 2. The predicted octanol–water partition coefficient (Wildman–Crippen LogP) is 2.48. The number of fused-ring (bicyclic) bond motifs is 1. The average Bonchev–Trinajstić information content (AvgIpc) is 2.47. The lowest BCUT2D eigenvalue weighted by Gasteiger charge is -2.14. The van der Waals surface area contributed by atoms with Crippen molar-refractivity contribution in [1.82, 2.24) is 9.97 Å². The van der Waals surface area contributed by atoms with Gasteiger partial charge in [-0.05, 0) is 36.8 Å². The molecule has 0 aliphatic heterocycles. The summed E-state index contributed by atoms with van der Waals surface area (Å²) in [5.74, 6) is 0.833. The highest BCUT2D eigenvalue weighted by molar-refractivity contribution is 5.55. The summed E-state index contributed by atoms with van der Waals surface area (Å²) in [6.07, 6.45) is 6.72. The fourth-order valence-corrected chi connectivity index (χ4v) is 2.40. The maximum Gasteiger partial charge on any atom is 0.159 e. The molecule has 18 heavy (non-hydrogen) atoms. The molecule has 3 nitrogen and oxygen atoms in total. The Labute approximate surface area is 107 Å². The van der Waals surface area contributed by atoms with Crippen LogP contribution in [-0.2, 0) is 19.4 Å². The van der Waals surface area contributed by atoms with Gasteiger partial charge in [-0.25, -0.2) is 9.97 Å². The van der Waals surface area contributed by atoms with Crippen LogP contribution in [0.4, 0.5) is 0 Å². The van der Waals surface area contributed by atoms with Crippen LogP contribution in [0.25, 0.3) is 11.4 Å². The first-order chi connectivity index (χ1) is 8.86. The second-order valence-electron chi connectivity index (χ2n) is 4.77. The van der Waals surface area contributed by atoms with E-state index in [0.29, 0.717) is 6.54 Å². The van der Waals surface area contributed by atoms with Crippen molar-refractivity contribution in [3.05, 3.63) is 47.3 Å². The zero-order chi connectivity index (χ0) is 12.4. The van der Waals surface area contributed by atoms with Gasteiger partial charge in [-0.3, -0.25) is 0 Å². The third-order valence-electron chi connectivity index (χ3n) is 3.51. The van der Waals surface area contributed by atoms with Gasteiger partial charge in [0.15, 0.2) is 5.82 Å². The first-order valence-corrected chi connectivity index (χ1v) is 6.51. The normalized spacial score (nSPS) is 14.3. The van der Waals surface area contributed by atoms with E-state index in [2.05, 4.69) is 4.98 Å². The number of hydrogen-bond donors (Lipinski definition) is 1. The van der Waals surface area contributed by atoms with Gasteiger partial charge in [0, 0.05) is 24.0 Å². The topological polar surface area (TPSA) is 51.8 Å². The molecule has 0 fully saturated rings. The summed E-state index contributed by atoms with van der Waals surface area (Å²) in [7, 11) is 0. The van der Waals surface area contributed by atoms with E-state index in [-0.39, 0.29) is 0 Å². The maximum absolute atomic E-state index is 5.60. The third kappa shape index (κ3) is 2.14. The van der Waals surface area contributed by atoms with Crippen LogP contribution in [0.2, 0.25) is 0 Å². The fourth-order valence-electron chi connectivity index (χ4n) is 2.40. The van der Waals surface area contributed by atoms with Crippen LogP contribution >= 0.6 is 0 Å². The zero-order valence-electron chi connectivity index (χ0n) is 10.4. The quantitative estimate of drug-likeness (QED) is 0.876. The number of nitrogens with two attached hydrogens (primary N) is 1. The van der Waals surface area contributed by atoms with E-state index in [4.69, 9.17) is 10.7 Å². The van der Waals surface area contributed by atoms with E-state index in [9.17, 15) is 0 Å². The SMILES string of the molecule is NCc1ccc(-c2ncc3c(n2)CCCC3)cc1. The molecule has 0 spiro atoms. The van der Waals surface area contributed by atoms with Crippen molar-refractivity contribution in [1.29, 1.82) is 0 Å². The molecule has 1 heterocycles. The van der Waals surface area contributed by atoms with Crippen molar-refractivity contribution in [2.24, 2.45) is 5.73 Å². The van der Waals surface area contributed by atoms with Crippen molar-refractivity contribution >= 4 is 0 Å². The minimum absolute atomic E-state index is 0.575. The summed E-state index contributed by atoms with van der Waals surface area (Å²) in [5.41, 5.74) is 10.4. The van der Waals surface area contributed by atoms with Crippen LogP contribution in [0.1, 0.15) is 29.7 Å². The van der Waals surface area contributed by atoms with Gasteiger partial charge in [0.1, 0.15) is 0 Å². The van der Waals surface area contributed by atoms with Crippen molar-refractivity contribution in [3.63, 3.8) is 0 Å². The largest absolute Gasteiger partial charge is 0.326 e. The van der Waals surface area contributed by atoms with Crippen LogP contribution in [0.3, 0.4) is 0 Å². The molecule has 0 amide bonds. The summed E-state index contributed by atoms with van der Waals surface area (Å²) in [6, 6.07) is 8.18. The number of nitrogens with zero attached hydrogens (tertiary/aromatic N) is 2. The molecule has 1 aromatic carbocycles. The van der Waals surface area contributed by atoms with Crippen molar-refractivity contribution in [3.8, 4) is 11.4 Å². The van der Waals surface area contributed by atoms with Gasteiger partial charge < -0.3 is 5.73 Å². The molecule has 0 bridgehead atoms. The van der Waals surface area contributed by atoms with Gasteiger partial charge in [0.2, 0.25) is 0 Å². The van der Waals surface area contributed by atoms with Crippen LogP contribution in [-0.4, -0.2) is 9.97 Å². The van der Waals surface area contributed by atoms with Crippen LogP contribution in [0, 0.1) is 0 Å². The number of benzene rings is 1. The standard InChI is InChI=1S/C15H17N3/c16-9-11-5-7-12(8-6-11)15-17-10-13-3-1-2-4-14(13)18-15/h5-8,10H,1-4,9,16H2. The Kier molecular flexibility index (Phi) is 3.07. The molecule has 2 N–H and O–H groups in total. The third-order valence-corrected chi connectivity index (χ3v) is 3.51. The highest BCUT2D eigenvalue weighted by Crippen LogP contribution is 2.22. The second kappa shape index (κ2) is 4.86. The molecule has 3 heteroatoms. The second-order valence-corrected chi connectivity index (χ2v) is 4.77. The lowest BCUT2D eigenvalue weighted by Crippen LogP contribution is -2.07. The Morgan fingerprint density at radius 3 is 2.61 bits per heavy atom. The molecule has 0 saturated heterocycles. The monoisotopic (exact) mass is 239 g/mol. The van der Waals surface area contributed by atoms with Gasteiger partial charge in [-0.1, -0.05) is 24.3 Å². The number of hydrogen-bond acceptors (Lipinski definition) is 3. The van der Waals surface area contributed by atoms with E-state index < -0.39 is 0 Å². The van der Waals surface area contributed by atoms with Crippen LogP contribution in [0.15, 0.2) is 30.5 Å². The Balaban J connectivity index is 1.95. The van der Waals surface area contributed by atoms with Crippen LogP contribution < -0.4 is 5.73 Å². The summed E-state index contributed by atoms with van der Waals surface area (Å²) in [6.45, 7) is 0.575. The van der Waals surface area contributed by atoms with Crippen LogP contribution in [0.5, 0.6) is 0 Å². The summed E-state index contributed by atoms with van der Waals surface area (Å²) in [4.78, 5) is 9.17. The molecule has 1 aliphatic rings. The minimum atomic E-state index is 0.575. The molecule has 0 saturated carbocycles. The fraction of sp³-hybridized carbons (Fsp3) is 0.333. The van der Waals surface area contributed by atoms with Gasteiger partial charge in [-0.2, -0.15) is 0 Å². The molecule has 0 atom stereocenters. The molecule has 1 aliphatic carbocycles. The van der Waals surface area contributed by atoms with E-state index in [1.807, 2.05) is 30.5 Å². The predicted molar refractivity (Wildman–Crippen MR) is 72.0 cm³/mol. The summed E-state index contributed by atoms with van der Waals surface area (Å²) in [5, 5.41) is 0. The highest BCUT2D eigenvalue weighted by atomic mass is 14.9. The van der Waals surface area contributed by atoms with Gasteiger partial charge in [0.05, 0.1) is 0 Å². The Morgan fingerprint density at radius 1 is 1.06 bits per heavy atom. The smallest absolute Gasteiger partial charge is 0.159 e. The number of aryl methyl sites for hydroxylation is 2.